The molecule has 0 saturated carbocycles. The van der Waals surface area contributed by atoms with E-state index in [2.05, 4.69) is 10.5 Å². The minimum absolute atomic E-state index is 0.0712. The first-order valence-corrected chi connectivity index (χ1v) is 8.84. The number of methoxy groups -OCH3 is 2. The van der Waals surface area contributed by atoms with Crippen LogP contribution in [0.4, 0.5) is 0 Å². The van der Waals surface area contributed by atoms with Gasteiger partial charge >= 0.3 is 5.97 Å². The summed E-state index contributed by atoms with van der Waals surface area (Å²) in [7, 11) is 2.76. The fraction of sp³-hybridized carbons (Fsp3) is 0.286. The Bertz CT molecular complexity index is 939. The van der Waals surface area contributed by atoms with Gasteiger partial charge in [-0.15, -0.1) is 0 Å². The summed E-state index contributed by atoms with van der Waals surface area (Å²) in [6.07, 6.45) is 0.436. The van der Waals surface area contributed by atoms with Gasteiger partial charge in [0.25, 0.3) is 5.91 Å². The highest BCUT2D eigenvalue weighted by Gasteiger charge is 2.20. The van der Waals surface area contributed by atoms with Gasteiger partial charge in [0.2, 0.25) is 0 Å². The van der Waals surface area contributed by atoms with Crippen LogP contribution in [0.1, 0.15) is 34.0 Å². The molecular formula is C21H24N2O6. The molecule has 2 rings (SSSR count). The van der Waals surface area contributed by atoms with Gasteiger partial charge in [0.1, 0.15) is 11.3 Å². The number of aryl methyl sites for hydroxylation is 1. The Balaban J connectivity index is 2.13. The van der Waals surface area contributed by atoms with Gasteiger partial charge in [0.15, 0.2) is 17.6 Å². The minimum Gasteiger partial charge on any atom is -0.493 e. The molecule has 8 heteroatoms. The van der Waals surface area contributed by atoms with Gasteiger partial charge in [-0.05, 0) is 50.1 Å². The summed E-state index contributed by atoms with van der Waals surface area (Å²) in [6.45, 7) is 5.48. The molecule has 0 heterocycles. The van der Waals surface area contributed by atoms with E-state index in [1.165, 1.54) is 26.5 Å². The number of nitrogens with one attached hydrogen (secondary N) is 1. The first-order valence-electron chi connectivity index (χ1n) is 8.84. The van der Waals surface area contributed by atoms with Crippen molar-refractivity contribution in [2.45, 2.75) is 26.9 Å². The average molecular weight is 400 g/mol. The van der Waals surface area contributed by atoms with Crippen LogP contribution >= 0.6 is 0 Å². The number of carboxylic acids is 1. The van der Waals surface area contributed by atoms with Gasteiger partial charge in [-0.1, -0.05) is 12.1 Å². The predicted molar refractivity (Wildman–Crippen MR) is 108 cm³/mol. The van der Waals surface area contributed by atoms with Crippen molar-refractivity contribution in [2.75, 3.05) is 14.2 Å². The number of aromatic carboxylic acids is 1. The maximum Gasteiger partial charge on any atom is 0.340 e. The quantitative estimate of drug-likeness (QED) is 0.521. The van der Waals surface area contributed by atoms with Gasteiger partial charge in [-0.2, -0.15) is 5.10 Å². The average Bonchev–Trinajstić information content (AvgIpc) is 2.70. The highest BCUT2D eigenvalue weighted by Crippen LogP contribution is 2.32. The number of nitrogens with zero attached hydrogens (tertiary/aromatic N) is 1. The highest BCUT2D eigenvalue weighted by molar-refractivity contribution is 6.02. The third-order valence-corrected chi connectivity index (χ3v) is 4.40. The van der Waals surface area contributed by atoms with Crippen LogP contribution in [0.2, 0.25) is 0 Å². The van der Waals surface area contributed by atoms with Crippen molar-refractivity contribution in [2.24, 2.45) is 5.10 Å². The second-order valence-electron chi connectivity index (χ2n) is 6.26. The maximum atomic E-state index is 12.3. The molecule has 0 fully saturated rings. The Morgan fingerprint density at radius 3 is 2.45 bits per heavy atom. The number of carbonyl (C=O) groups excluding carboxylic acids is 1. The zero-order valence-corrected chi connectivity index (χ0v) is 17.0. The number of hydrogen-bond donors (Lipinski definition) is 2. The molecule has 0 spiro atoms. The van der Waals surface area contributed by atoms with Crippen LogP contribution in [0.5, 0.6) is 17.2 Å². The molecule has 154 valence electrons. The normalized spacial score (nSPS) is 11.8. The smallest absolute Gasteiger partial charge is 0.340 e. The van der Waals surface area contributed by atoms with Gasteiger partial charge in [-0.25, -0.2) is 10.2 Å². The summed E-state index contributed by atoms with van der Waals surface area (Å²) in [5.74, 6) is -0.715. The van der Waals surface area contributed by atoms with Crippen LogP contribution in [-0.2, 0) is 4.79 Å². The van der Waals surface area contributed by atoms with Gasteiger partial charge in [0, 0.05) is 5.56 Å². The minimum atomic E-state index is -1.21. The van der Waals surface area contributed by atoms with Gasteiger partial charge in [-0.3, -0.25) is 4.79 Å². The Hall–Kier alpha value is -3.55. The van der Waals surface area contributed by atoms with E-state index < -0.39 is 18.0 Å². The van der Waals surface area contributed by atoms with E-state index in [0.29, 0.717) is 5.75 Å². The van der Waals surface area contributed by atoms with Crippen LogP contribution < -0.4 is 19.6 Å². The topological polar surface area (TPSA) is 106 Å². The molecule has 2 aromatic carbocycles. The molecule has 0 aromatic heterocycles. The van der Waals surface area contributed by atoms with Crippen LogP contribution in [0.3, 0.4) is 0 Å². The van der Waals surface area contributed by atoms with E-state index in [4.69, 9.17) is 14.2 Å². The summed E-state index contributed by atoms with van der Waals surface area (Å²) in [4.78, 5) is 23.9. The highest BCUT2D eigenvalue weighted by atomic mass is 16.5. The predicted octanol–water partition coefficient (Wildman–Crippen LogP) is 2.94. The van der Waals surface area contributed by atoms with E-state index in [9.17, 15) is 14.7 Å². The molecule has 0 radical (unpaired) electrons. The first-order chi connectivity index (χ1) is 13.8. The number of benzene rings is 2. The molecule has 2 N–H and O–H groups in total. The monoisotopic (exact) mass is 400 g/mol. The molecular weight excluding hydrogens is 376 g/mol. The first kappa shape index (κ1) is 21.7. The lowest BCUT2D eigenvalue weighted by atomic mass is 10.1. The second-order valence-corrected chi connectivity index (χ2v) is 6.26. The molecule has 0 aliphatic heterocycles. The molecule has 8 nitrogen and oxygen atoms in total. The number of amides is 1. The molecule has 1 atom stereocenters. The number of carbonyl (C=O) groups is 2. The largest absolute Gasteiger partial charge is 0.493 e. The molecule has 0 aliphatic rings. The third-order valence-electron chi connectivity index (χ3n) is 4.40. The Kier molecular flexibility index (Phi) is 7.19. The summed E-state index contributed by atoms with van der Waals surface area (Å²) >= 11 is 0. The fourth-order valence-electron chi connectivity index (χ4n) is 2.62. The number of rotatable bonds is 8. The second kappa shape index (κ2) is 9.59. The molecule has 29 heavy (non-hydrogen) atoms. The lowest BCUT2D eigenvalue weighted by molar-refractivity contribution is -0.127. The summed E-state index contributed by atoms with van der Waals surface area (Å²) in [6, 6.07) is 8.67. The molecule has 1 amide bonds. The zero-order chi connectivity index (χ0) is 21.6. The van der Waals surface area contributed by atoms with Crippen LogP contribution in [-0.4, -0.2) is 43.5 Å². The van der Waals surface area contributed by atoms with Crippen molar-refractivity contribution in [1.82, 2.24) is 5.43 Å². The van der Waals surface area contributed by atoms with E-state index in [0.717, 1.165) is 11.1 Å². The van der Waals surface area contributed by atoms with Crippen molar-refractivity contribution in [3.05, 3.63) is 52.6 Å². The Morgan fingerprint density at radius 1 is 1.10 bits per heavy atom. The zero-order valence-electron chi connectivity index (χ0n) is 17.0. The third kappa shape index (κ3) is 5.04. The lowest BCUT2D eigenvalue weighted by Gasteiger charge is -2.16. The van der Waals surface area contributed by atoms with Crippen molar-refractivity contribution in [3.63, 3.8) is 0 Å². The Labute approximate surface area is 169 Å². The van der Waals surface area contributed by atoms with Crippen molar-refractivity contribution in [3.8, 4) is 17.2 Å². The van der Waals surface area contributed by atoms with Gasteiger partial charge < -0.3 is 19.3 Å². The van der Waals surface area contributed by atoms with Crippen molar-refractivity contribution < 1.29 is 28.9 Å². The standard InChI is InChI=1S/C21H24N2O6/c1-12-7-6-8-16(13(12)2)29-14(3)20(24)23-22-11-15-9-10-17(27-4)19(28-5)18(15)21(25)26/h6-11,14H,1-5H3,(H,23,24)(H,25,26)/b22-11-/t14-/m1/s1. The number of ether oxygens (including phenoxy) is 3. The van der Waals surface area contributed by atoms with Crippen LogP contribution in [0, 0.1) is 13.8 Å². The van der Waals surface area contributed by atoms with Crippen LogP contribution in [0.25, 0.3) is 0 Å². The van der Waals surface area contributed by atoms with E-state index in [1.54, 1.807) is 19.1 Å². The number of carboxylic acid groups (broad SMARTS) is 1. The Morgan fingerprint density at radius 2 is 1.83 bits per heavy atom. The molecule has 2 aromatic rings. The van der Waals surface area contributed by atoms with E-state index >= 15 is 0 Å². The fourth-order valence-corrected chi connectivity index (χ4v) is 2.62. The van der Waals surface area contributed by atoms with Crippen molar-refractivity contribution >= 4 is 18.1 Å². The molecule has 0 saturated heterocycles. The maximum absolute atomic E-state index is 12.3. The summed E-state index contributed by atoms with van der Waals surface area (Å²) in [5, 5.41) is 13.4. The molecule has 0 bridgehead atoms. The number of hydrogen-bond acceptors (Lipinski definition) is 6. The van der Waals surface area contributed by atoms with E-state index in [1.807, 2.05) is 26.0 Å². The molecule has 0 unspecified atom stereocenters. The van der Waals surface area contributed by atoms with E-state index in [-0.39, 0.29) is 22.6 Å². The van der Waals surface area contributed by atoms with Crippen molar-refractivity contribution in [1.29, 1.82) is 0 Å². The SMILES string of the molecule is COc1ccc(/C=N\NC(=O)[C@@H](C)Oc2cccc(C)c2C)c(C(=O)O)c1OC. The summed E-state index contributed by atoms with van der Waals surface area (Å²) < 4.78 is 16.0. The lowest BCUT2D eigenvalue weighted by Crippen LogP contribution is -2.33. The summed E-state index contributed by atoms with van der Waals surface area (Å²) in [5.41, 5.74) is 4.49. The van der Waals surface area contributed by atoms with Gasteiger partial charge in [0.05, 0.1) is 20.4 Å². The number of hydrazone groups is 1. The van der Waals surface area contributed by atoms with Crippen LogP contribution in [0.15, 0.2) is 35.4 Å². The molecule has 0 aliphatic carbocycles.